The zero-order valence-electron chi connectivity index (χ0n) is 29.2. The van der Waals surface area contributed by atoms with Crippen LogP contribution >= 0.6 is 0 Å². The molecule has 0 spiro atoms. The first-order chi connectivity index (χ1) is 24.9. The normalized spacial score (nSPS) is 27.3. The summed E-state index contributed by atoms with van der Waals surface area (Å²) in [5.74, 6) is -0.902. The summed E-state index contributed by atoms with van der Waals surface area (Å²) in [6.07, 6.45) is 2.81. The molecule has 3 amide bonds. The highest BCUT2D eigenvalue weighted by Crippen LogP contribution is 2.43. The summed E-state index contributed by atoms with van der Waals surface area (Å²) in [5.41, 5.74) is 3.73. The van der Waals surface area contributed by atoms with E-state index in [-0.39, 0.29) is 37.8 Å². The van der Waals surface area contributed by atoms with Gasteiger partial charge in [-0.2, -0.15) is 0 Å². The van der Waals surface area contributed by atoms with Gasteiger partial charge in [0, 0.05) is 30.6 Å². The van der Waals surface area contributed by atoms with Gasteiger partial charge in [0.15, 0.2) is 6.29 Å². The fraction of sp³-hybridized carbons (Fsp3) is 0.475. The maximum atomic E-state index is 13.5. The molecule has 3 aromatic rings. The third kappa shape index (κ3) is 8.18. The van der Waals surface area contributed by atoms with Gasteiger partial charge >= 0.3 is 6.09 Å². The number of aliphatic hydroxyl groups is 1. The SMILES string of the molecule is CC1C(CN2CCCC2CN2CCCC2)OC(c2cccc(N3C(=O)CC(NC(=O)OCc4ccccc4)C3=O)c2)OC1c1ccc(CO)cc1. The molecular formula is C40H48N4O7. The predicted octanol–water partition coefficient (Wildman–Crippen LogP) is 5.09. The van der Waals surface area contributed by atoms with Gasteiger partial charge in [-0.3, -0.25) is 14.5 Å². The molecule has 11 nitrogen and oxygen atoms in total. The molecule has 7 rings (SSSR count). The largest absolute Gasteiger partial charge is 0.445 e. The Morgan fingerprint density at radius 3 is 2.43 bits per heavy atom. The summed E-state index contributed by atoms with van der Waals surface area (Å²) < 4.78 is 18.8. The molecule has 0 aliphatic carbocycles. The monoisotopic (exact) mass is 696 g/mol. The lowest BCUT2D eigenvalue weighted by atomic mass is 9.90. The number of nitrogens with one attached hydrogen (secondary N) is 1. The predicted molar refractivity (Wildman–Crippen MR) is 190 cm³/mol. The average molecular weight is 697 g/mol. The molecule has 11 heteroatoms. The maximum Gasteiger partial charge on any atom is 0.408 e. The minimum Gasteiger partial charge on any atom is -0.445 e. The van der Waals surface area contributed by atoms with Crippen molar-refractivity contribution in [2.24, 2.45) is 5.92 Å². The molecule has 6 atom stereocenters. The molecule has 0 aromatic heterocycles. The number of likely N-dealkylation sites (tertiary alicyclic amines) is 2. The van der Waals surface area contributed by atoms with E-state index in [1.807, 2.05) is 60.7 Å². The zero-order chi connectivity index (χ0) is 35.3. The number of amides is 3. The van der Waals surface area contributed by atoms with Gasteiger partial charge in [-0.05, 0) is 74.1 Å². The summed E-state index contributed by atoms with van der Waals surface area (Å²) in [7, 11) is 0. The molecule has 3 aromatic carbocycles. The third-order valence-electron chi connectivity index (χ3n) is 10.8. The second-order valence-corrected chi connectivity index (χ2v) is 14.2. The third-order valence-corrected chi connectivity index (χ3v) is 10.8. The summed E-state index contributed by atoms with van der Waals surface area (Å²) in [4.78, 5) is 45.5. The molecule has 0 saturated carbocycles. The van der Waals surface area contributed by atoms with Crippen LogP contribution in [-0.2, 0) is 37.0 Å². The van der Waals surface area contributed by atoms with Gasteiger partial charge in [0.25, 0.3) is 5.91 Å². The Kier molecular flexibility index (Phi) is 11.1. The molecule has 4 aliphatic heterocycles. The minimum absolute atomic E-state index is 0.0327. The highest BCUT2D eigenvalue weighted by Gasteiger charge is 2.43. The molecular weight excluding hydrogens is 648 g/mol. The van der Waals surface area contributed by atoms with E-state index >= 15 is 0 Å². The number of alkyl carbamates (subject to hydrolysis) is 1. The number of imide groups is 1. The lowest BCUT2D eigenvalue weighted by Crippen LogP contribution is -2.48. The number of hydrogen-bond donors (Lipinski definition) is 2. The number of rotatable bonds is 11. The van der Waals surface area contributed by atoms with Gasteiger partial charge in [-0.15, -0.1) is 0 Å². The Labute approximate surface area is 299 Å². The number of benzene rings is 3. The first kappa shape index (κ1) is 35.3. The minimum atomic E-state index is -1.03. The van der Waals surface area contributed by atoms with Crippen LogP contribution in [0.15, 0.2) is 78.9 Å². The molecule has 4 aliphatic rings. The number of aliphatic hydroxyl groups excluding tert-OH is 1. The zero-order valence-corrected chi connectivity index (χ0v) is 29.2. The Bertz CT molecular complexity index is 1660. The van der Waals surface area contributed by atoms with Crippen LogP contribution in [0, 0.1) is 5.92 Å². The Balaban J connectivity index is 1.07. The van der Waals surface area contributed by atoms with E-state index in [4.69, 9.17) is 14.2 Å². The van der Waals surface area contributed by atoms with Crippen molar-refractivity contribution in [3.8, 4) is 0 Å². The van der Waals surface area contributed by atoms with Crippen molar-refractivity contribution in [1.82, 2.24) is 15.1 Å². The summed E-state index contributed by atoms with van der Waals surface area (Å²) in [6, 6.07) is 23.7. The van der Waals surface area contributed by atoms with Crippen molar-refractivity contribution in [1.29, 1.82) is 0 Å². The number of carbonyl (C=O) groups excluding carboxylic acids is 3. The van der Waals surface area contributed by atoms with Crippen LogP contribution in [0.3, 0.4) is 0 Å². The van der Waals surface area contributed by atoms with Crippen LogP contribution in [0.5, 0.6) is 0 Å². The second-order valence-electron chi connectivity index (χ2n) is 14.2. The van der Waals surface area contributed by atoms with E-state index in [2.05, 4.69) is 22.0 Å². The van der Waals surface area contributed by atoms with Crippen LogP contribution < -0.4 is 10.2 Å². The maximum absolute atomic E-state index is 13.5. The van der Waals surface area contributed by atoms with Gasteiger partial charge in [0.1, 0.15) is 12.6 Å². The quantitative estimate of drug-likeness (QED) is 0.264. The number of carbonyl (C=O) groups is 3. The lowest BCUT2D eigenvalue weighted by molar-refractivity contribution is -0.276. The van der Waals surface area contributed by atoms with E-state index in [1.165, 1.54) is 38.8 Å². The standard InChI is InChI=1S/C40H48N4O7/c1-27-35(24-43-20-8-13-33(43)23-42-18-5-6-19-42)50-39(51-37(27)30-16-14-28(25-45)15-17-30)31-11-7-12-32(21-31)44-36(46)22-34(38(44)47)41-40(48)49-26-29-9-3-2-4-10-29/h2-4,7,9-12,14-17,21,27,33-35,37,39,45H,5-6,8,13,18-20,22-26H2,1H3,(H,41,48). The van der Waals surface area contributed by atoms with Crippen molar-refractivity contribution < 1.29 is 33.7 Å². The van der Waals surface area contributed by atoms with E-state index in [9.17, 15) is 19.5 Å². The first-order valence-corrected chi connectivity index (χ1v) is 18.3. The molecule has 0 radical (unpaired) electrons. The molecule has 2 N–H and O–H groups in total. The van der Waals surface area contributed by atoms with E-state index in [1.54, 1.807) is 18.2 Å². The van der Waals surface area contributed by atoms with Gasteiger partial charge in [0.05, 0.1) is 30.9 Å². The molecule has 0 bridgehead atoms. The Hall–Kier alpha value is -4.13. The average Bonchev–Trinajstić information content (AvgIpc) is 3.90. The van der Waals surface area contributed by atoms with Crippen molar-refractivity contribution >= 4 is 23.6 Å². The summed E-state index contributed by atoms with van der Waals surface area (Å²) >= 11 is 0. The van der Waals surface area contributed by atoms with Crippen LogP contribution in [0.1, 0.15) is 73.7 Å². The lowest BCUT2D eigenvalue weighted by Gasteiger charge is -2.43. The Morgan fingerprint density at radius 2 is 1.67 bits per heavy atom. The van der Waals surface area contributed by atoms with E-state index in [0.29, 0.717) is 17.3 Å². The van der Waals surface area contributed by atoms with Crippen LogP contribution in [0.4, 0.5) is 10.5 Å². The van der Waals surface area contributed by atoms with Gasteiger partial charge in [0.2, 0.25) is 5.91 Å². The van der Waals surface area contributed by atoms with Crippen LogP contribution in [0.25, 0.3) is 0 Å². The van der Waals surface area contributed by atoms with E-state index in [0.717, 1.165) is 41.2 Å². The van der Waals surface area contributed by atoms with Crippen molar-refractivity contribution in [2.45, 2.75) is 82.8 Å². The smallest absolute Gasteiger partial charge is 0.408 e. The second kappa shape index (κ2) is 16.0. The van der Waals surface area contributed by atoms with Gasteiger partial charge in [-0.25, -0.2) is 9.69 Å². The van der Waals surface area contributed by atoms with Crippen molar-refractivity contribution in [2.75, 3.05) is 37.6 Å². The summed E-state index contributed by atoms with van der Waals surface area (Å²) in [5, 5.41) is 12.2. The summed E-state index contributed by atoms with van der Waals surface area (Å²) in [6.45, 7) is 7.46. The number of anilines is 1. The molecule has 4 heterocycles. The highest BCUT2D eigenvalue weighted by molar-refractivity contribution is 6.22. The van der Waals surface area contributed by atoms with Crippen molar-refractivity contribution in [3.05, 3.63) is 101 Å². The Morgan fingerprint density at radius 1 is 0.882 bits per heavy atom. The highest BCUT2D eigenvalue weighted by atomic mass is 16.7. The topological polar surface area (TPSA) is 121 Å². The van der Waals surface area contributed by atoms with Crippen molar-refractivity contribution in [3.63, 3.8) is 0 Å². The van der Waals surface area contributed by atoms with Crippen LogP contribution in [0.2, 0.25) is 0 Å². The number of nitrogens with zero attached hydrogens (tertiary/aromatic N) is 3. The molecule has 4 saturated heterocycles. The molecule has 270 valence electrons. The van der Waals surface area contributed by atoms with Gasteiger partial charge < -0.3 is 29.5 Å². The first-order valence-electron chi connectivity index (χ1n) is 18.3. The molecule has 51 heavy (non-hydrogen) atoms. The fourth-order valence-corrected chi connectivity index (χ4v) is 7.90. The number of hydrogen-bond acceptors (Lipinski definition) is 9. The fourth-order valence-electron chi connectivity index (χ4n) is 7.90. The van der Waals surface area contributed by atoms with Gasteiger partial charge in [-0.1, -0.05) is 73.7 Å². The van der Waals surface area contributed by atoms with Crippen LogP contribution in [-0.4, -0.2) is 83.7 Å². The molecule has 4 fully saturated rings. The molecule has 6 unspecified atom stereocenters. The number of ether oxygens (including phenoxy) is 3. The van der Waals surface area contributed by atoms with E-state index < -0.39 is 30.2 Å².